The molecule has 0 radical (unpaired) electrons. The van der Waals surface area contributed by atoms with Crippen molar-refractivity contribution in [3.8, 4) is 0 Å². The van der Waals surface area contributed by atoms with Crippen molar-refractivity contribution < 1.29 is 17.6 Å². The van der Waals surface area contributed by atoms with Gasteiger partial charge in [0.25, 0.3) is 0 Å². The fraction of sp³-hybridized carbons (Fsp3) is 0.692. The molecule has 1 aromatic heterocycles. The lowest BCUT2D eigenvalue weighted by molar-refractivity contribution is 0.0183. The van der Waals surface area contributed by atoms with E-state index >= 15 is 0 Å². The molecule has 1 N–H and O–H groups in total. The number of nitrogens with zero attached hydrogens (tertiary/aromatic N) is 1. The highest BCUT2D eigenvalue weighted by molar-refractivity contribution is 9.10. The Morgan fingerprint density at radius 2 is 2.29 bits per heavy atom. The van der Waals surface area contributed by atoms with Crippen molar-refractivity contribution in [3.63, 3.8) is 0 Å². The number of nitrogens with one attached hydrogen (secondary N) is 1. The standard InChI is InChI=1S/C13H21BrN2O4S/c1-9-4-5-16(8-11(9)19-3)21(17,18)12-6-10(7-15-2)20-13(12)14/h6,9,11,15H,4-5,7-8H2,1-3H3. The molecule has 2 rings (SSSR count). The van der Waals surface area contributed by atoms with Crippen LogP contribution in [0.1, 0.15) is 19.1 Å². The third-order valence-corrected chi connectivity index (χ3v) is 6.55. The summed E-state index contributed by atoms with van der Waals surface area (Å²) in [4.78, 5) is 0.178. The molecule has 1 saturated heterocycles. The minimum absolute atomic E-state index is 0.0732. The molecule has 0 spiro atoms. The minimum atomic E-state index is -3.57. The summed E-state index contributed by atoms with van der Waals surface area (Å²) < 4.78 is 38.0. The number of methoxy groups -OCH3 is 1. The van der Waals surface area contributed by atoms with Gasteiger partial charge in [-0.25, -0.2) is 8.42 Å². The Labute approximate surface area is 134 Å². The van der Waals surface area contributed by atoms with Crippen LogP contribution in [0.4, 0.5) is 0 Å². The van der Waals surface area contributed by atoms with Crippen LogP contribution in [-0.2, 0) is 21.3 Å². The fourth-order valence-corrected chi connectivity index (χ4v) is 4.93. The lowest BCUT2D eigenvalue weighted by Gasteiger charge is -2.35. The van der Waals surface area contributed by atoms with Gasteiger partial charge in [0.05, 0.1) is 12.6 Å². The Morgan fingerprint density at radius 3 is 2.90 bits per heavy atom. The van der Waals surface area contributed by atoms with Crippen molar-refractivity contribution in [2.24, 2.45) is 5.92 Å². The van der Waals surface area contributed by atoms with E-state index in [1.807, 2.05) is 0 Å². The molecule has 0 bridgehead atoms. The Balaban J connectivity index is 2.25. The van der Waals surface area contributed by atoms with Crippen molar-refractivity contribution in [3.05, 3.63) is 16.5 Å². The third-order valence-electron chi connectivity index (χ3n) is 3.83. The van der Waals surface area contributed by atoms with Gasteiger partial charge in [0.15, 0.2) is 4.67 Å². The van der Waals surface area contributed by atoms with E-state index in [4.69, 9.17) is 9.15 Å². The summed E-state index contributed by atoms with van der Waals surface area (Å²) in [5.74, 6) is 0.936. The van der Waals surface area contributed by atoms with Gasteiger partial charge in [0.2, 0.25) is 10.0 Å². The van der Waals surface area contributed by atoms with E-state index < -0.39 is 10.0 Å². The molecule has 1 aromatic rings. The summed E-state index contributed by atoms with van der Waals surface area (Å²) in [7, 11) is -0.173. The van der Waals surface area contributed by atoms with Gasteiger partial charge in [-0.05, 0) is 35.3 Å². The van der Waals surface area contributed by atoms with Crippen LogP contribution in [0, 0.1) is 5.92 Å². The number of rotatable bonds is 5. The zero-order chi connectivity index (χ0) is 15.6. The average Bonchev–Trinajstić information content (AvgIpc) is 2.81. The average molecular weight is 381 g/mol. The van der Waals surface area contributed by atoms with E-state index in [2.05, 4.69) is 28.2 Å². The van der Waals surface area contributed by atoms with E-state index in [0.29, 0.717) is 31.3 Å². The summed E-state index contributed by atoms with van der Waals surface area (Å²) in [5.41, 5.74) is 0. The van der Waals surface area contributed by atoms with Gasteiger partial charge in [0, 0.05) is 26.3 Å². The first-order valence-electron chi connectivity index (χ1n) is 6.86. The molecular weight excluding hydrogens is 360 g/mol. The minimum Gasteiger partial charge on any atom is -0.452 e. The zero-order valence-corrected chi connectivity index (χ0v) is 14.8. The monoisotopic (exact) mass is 380 g/mol. The van der Waals surface area contributed by atoms with Gasteiger partial charge in [-0.2, -0.15) is 4.31 Å². The molecule has 21 heavy (non-hydrogen) atoms. The second kappa shape index (κ2) is 6.78. The van der Waals surface area contributed by atoms with Crippen LogP contribution in [0.25, 0.3) is 0 Å². The maximum atomic E-state index is 12.8. The van der Waals surface area contributed by atoms with E-state index in [1.54, 1.807) is 20.2 Å². The first-order chi connectivity index (χ1) is 9.90. The molecule has 1 fully saturated rings. The summed E-state index contributed by atoms with van der Waals surface area (Å²) in [6.45, 7) is 3.43. The largest absolute Gasteiger partial charge is 0.452 e. The molecular formula is C13H21BrN2O4S. The van der Waals surface area contributed by atoms with Crippen LogP contribution in [0.3, 0.4) is 0 Å². The van der Waals surface area contributed by atoms with Gasteiger partial charge in [0.1, 0.15) is 10.7 Å². The summed E-state index contributed by atoms with van der Waals surface area (Å²) in [6, 6.07) is 1.57. The van der Waals surface area contributed by atoms with Gasteiger partial charge in [-0.1, -0.05) is 6.92 Å². The van der Waals surface area contributed by atoms with Crippen molar-refractivity contribution in [2.75, 3.05) is 27.2 Å². The smallest absolute Gasteiger partial charge is 0.247 e. The third kappa shape index (κ3) is 3.50. The molecule has 2 atom stereocenters. The molecule has 0 aliphatic carbocycles. The normalized spacial score (nSPS) is 24.4. The summed E-state index contributed by atoms with van der Waals surface area (Å²) >= 11 is 3.20. The van der Waals surface area contributed by atoms with E-state index in [-0.39, 0.29) is 15.7 Å². The molecule has 6 nitrogen and oxygen atoms in total. The molecule has 8 heteroatoms. The number of ether oxygens (including phenoxy) is 1. The number of halogens is 1. The summed E-state index contributed by atoms with van der Waals surface area (Å²) in [5, 5.41) is 2.93. The molecule has 2 unspecified atom stereocenters. The number of furan rings is 1. The van der Waals surface area contributed by atoms with Crippen LogP contribution in [0.15, 0.2) is 20.0 Å². The van der Waals surface area contributed by atoms with Crippen LogP contribution in [-0.4, -0.2) is 46.1 Å². The number of sulfonamides is 1. The van der Waals surface area contributed by atoms with Gasteiger partial charge >= 0.3 is 0 Å². The highest BCUT2D eigenvalue weighted by Crippen LogP contribution is 2.31. The summed E-state index contributed by atoms with van der Waals surface area (Å²) in [6.07, 6.45) is 0.715. The first kappa shape index (κ1) is 17.0. The van der Waals surface area contributed by atoms with Crippen molar-refractivity contribution in [1.82, 2.24) is 9.62 Å². The Bertz CT molecular complexity index is 587. The van der Waals surface area contributed by atoms with Gasteiger partial charge < -0.3 is 14.5 Å². The highest BCUT2D eigenvalue weighted by atomic mass is 79.9. The van der Waals surface area contributed by atoms with Crippen LogP contribution >= 0.6 is 15.9 Å². The predicted molar refractivity (Wildman–Crippen MR) is 82.5 cm³/mol. The second-order valence-electron chi connectivity index (χ2n) is 5.28. The van der Waals surface area contributed by atoms with Crippen molar-refractivity contribution >= 4 is 26.0 Å². The molecule has 120 valence electrons. The number of piperidine rings is 1. The maximum Gasteiger partial charge on any atom is 0.247 e. The lowest BCUT2D eigenvalue weighted by atomic mass is 9.97. The van der Waals surface area contributed by atoms with E-state index in [0.717, 1.165) is 6.42 Å². The molecule has 0 aromatic carbocycles. The van der Waals surface area contributed by atoms with Crippen LogP contribution in [0.2, 0.25) is 0 Å². The lowest BCUT2D eigenvalue weighted by Crippen LogP contribution is -2.46. The van der Waals surface area contributed by atoms with Crippen molar-refractivity contribution in [1.29, 1.82) is 0 Å². The van der Waals surface area contributed by atoms with Gasteiger partial charge in [-0.3, -0.25) is 0 Å². The maximum absolute atomic E-state index is 12.8. The van der Waals surface area contributed by atoms with Crippen molar-refractivity contribution in [2.45, 2.75) is 30.9 Å². The zero-order valence-electron chi connectivity index (χ0n) is 12.4. The fourth-order valence-electron chi connectivity index (χ4n) is 2.50. The molecule has 0 saturated carbocycles. The highest BCUT2D eigenvalue weighted by Gasteiger charge is 2.36. The SMILES string of the molecule is CNCc1cc(S(=O)(=O)N2CCC(C)C(OC)C2)c(Br)o1. The topological polar surface area (TPSA) is 71.8 Å². The molecule has 2 heterocycles. The van der Waals surface area contributed by atoms with E-state index in [9.17, 15) is 8.42 Å². The molecule has 1 aliphatic rings. The Morgan fingerprint density at radius 1 is 1.57 bits per heavy atom. The Kier molecular flexibility index (Phi) is 5.48. The predicted octanol–water partition coefficient (Wildman–Crippen LogP) is 1.81. The van der Waals surface area contributed by atoms with Crippen LogP contribution < -0.4 is 5.32 Å². The molecule has 1 aliphatic heterocycles. The van der Waals surface area contributed by atoms with Gasteiger partial charge in [-0.15, -0.1) is 0 Å². The second-order valence-corrected chi connectivity index (χ2v) is 7.91. The van der Waals surface area contributed by atoms with E-state index in [1.165, 1.54) is 4.31 Å². The molecule has 0 amide bonds. The number of hydrogen-bond acceptors (Lipinski definition) is 5. The quantitative estimate of drug-likeness (QED) is 0.842. The Hall–Kier alpha value is -0.410. The van der Waals surface area contributed by atoms with Crippen LogP contribution in [0.5, 0.6) is 0 Å². The number of hydrogen-bond donors (Lipinski definition) is 1. The first-order valence-corrected chi connectivity index (χ1v) is 9.09.